The van der Waals surface area contributed by atoms with E-state index in [2.05, 4.69) is 38.1 Å². The lowest BCUT2D eigenvalue weighted by Crippen LogP contribution is -2.14. The standard InChI is InChI=1S/C28H46/c1-3-7-23-11-13-25(14-12-23)9-5-6-10-26-17-21-28(22-18-26)27-19-15-24(8-4-2)16-20-27/h17-18,21-25,27H,3-16,19-20H2,1-2H3. The average Bonchev–Trinajstić information content (AvgIpc) is 2.74. The van der Waals surface area contributed by atoms with E-state index >= 15 is 0 Å². The first kappa shape index (κ1) is 21.9. The van der Waals surface area contributed by atoms with Crippen LogP contribution in [0.15, 0.2) is 24.3 Å². The fraction of sp³-hybridized carbons (Fsp3) is 0.786. The van der Waals surface area contributed by atoms with Crippen molar-refractivity contribution in [3.63, 3.8) is 0 Å². The molecule has 0 bridgehead atoms. The molecule has 2 aliphatic carbocycles. The zero-order chi connectivity index (χ0) is 19.6. The third-order valence-corrected chi connectivity index (χ3v) is 7.99. The first-order valence-electron chi connectivity index (χ1n) is 12.9. The van der Waals surface area contributed by atoms with Crippen LogP contribution in [-0.2, 0) is 6.42 Å². The van der Waals surface area contributed by atoms with Crippen molar-refractivity contribution in [2.45, 2.75) is 122 Å². The zero-order valence-corrected chi connectivity index (χ0v) is 18.9. The fourth-order valence-corrected chi connectivity index (χ4v) is 6.13. The van der Waals surface area contributed by atoms with E-state index in [0.29, 0.717) is 0 Å². The minimum Gasteiger partial charge on any atom is -0.0654 e. The first-order valence-corrected chi connectivity index (χ1v) is 12.9. The summed E-state index contributed by atoms with van der Waals surface area (Å²) in [5, 5.41) is 0. The van der Waals surface area contributed by atoms with Gasteiger partial charge in [-0.3, -0.25) is 0 Å². The third kappa shape index (κ3) is 6.93. The molecule has 0 amide bonds. The Morgan fingerprint density at radius 2 is 1.11 bits per heavy atom. The lowest BCUT2D eigenvalue weighted by atomic mass is 9.77. The summed E-state index contributed by atoms with van der Waals surface area (Å²) in [7, 11) is 0. The maximum absolute atomic E-state index is 2.45. The molecule has 3 rings (SSSR count). The number of unbranched alkanes of at least 4 members (excludes halogenated alkanes) is 1. The summed E-state index contributed by atoms with van der Waals surface area (Å²) < 4.78 is 0. The SMILES string of the molecule is CCCC1CCC(CCCCc2ccc(C3CCC(CCC)CC3)cc2)CC1. The van der Waals surface area contributed by atoms with Crippen LogP contribution in [0.5, 0.6) is 0 Å². The van der Waals surface area contributed by atoms with Gasteiger partial charge in [0, 0.05) is 0 Å². The predicted molar refractivity (Wildman–Crippen MR) is 124 cm³/mol. The summed E-state index contributed by atoms with van der Waals surface area (Å²) in [6, 6.07) is 9.77. The monoisotopic (exact) mass is 382 g/mol. The largest absolute Gasteiger partial charge is 0.0654 e. The van der Waals surface area contributed by atoms with Gasteiger partial charge in [-0.2, -0.15) is 0 Å². The molecule has 2 aliphatic rings. The molecule has 0 aliphatic heterocycles. The van der Waals surface area contributed by atoms with Crippen LogP contribution in [0, 0.1) is 17.8 Å². The molecule has 0 unspecified atom stereocenters. The number of benzene rings is 1. The Labute approximate surface area is 175 Å². The van der Waals surface area contributed by atoms with Gasteiger partial charge in [-0.1, -0.05) is 102 Å². The molecule has 0 saturated heterocycles. The minimum atomic E-state index is 0.838. The van der Waals surface area contributed by atoms with Crippen molar-refractivity contribution in [3.05, 3.63) is 35.4 Å². The van der Waals surface area contributed by atoms with Gasteiger partial charge in [-0.25, -0.2) is 0 Å². The molecular formula is C28H46. The molecule has 2 saturated carbocycles. The molecule has 0 nitrogen and oxygen atoms in total. The first-order chi connectivity index (χ1) is 13.8. The topological polar surface area (TPSA) is 0 Å². The summed E-state index contributed by atoms with van der Waals surface area (Å²) in [6.45, 7) is 4.68. The van der Waals surface area contributed by atoms with Crippen LogP contribution in [0.4, 0.5) is 0 Å². The van der Waals surface area contributed by atoms with Crippen molar-refractivity contribution < 1.29 is 0 Å². The smallest absolute Gasteiger partial charge is 0.0162 e. The molecular weight excluding hydrogens is 336 g/mol. The van der Waals surface area contributed by atoms with E-state index in [-0.39, 0.29) is 0 Å². The summed E-state index contributed by atoms with van der Waals surface area (Å²) in [6.07, 6.45) is 23.1. The lowest BCUT2D eigenvalue weighted by molar-refractivity contribution is 0.248. The maximum atomic E-state index is 2.45. The van der Waals surface area contributed by atoms with Crippen molar-refractivity contribution in [1.29, 1.82) is 0 Å². The zero-order valence-electron chi connectivity index (χ0n) is 18.9. The number of aryl methyl sites for hydroxylation is 1. The molecule has 1 aromatic carbocycles. The Morgan fingerprint density at radius 1 is 0.607 bits per heavy atom. The van der Waals surface area contributed by atoms with E-state index in [1.165, 1.54) is 103 Å². The van der Waals surface area contributed by atoms with Crippen LogP contribution in [-0.4, -0.2) is 0 Å². The van der Waals surface area contributed by atoms with Crippen molar-refractivity contribution >= 4 is 0 Å². The molecule has 0 spiro atoms. The number of rotatable bonds is 10. The molecule has 28 heavy (non-hydrogen) atoms. The van der Waals surface area contributed by atoms with E-state index in [4.69, 9.17) is 0 Å². The third-order valence-electron chi connectivity index (χ3n) is 7.99. The second-order valence-corrected chi connectivity index (χ2v) is 10.2. The molecule has 158 valence electrons. The summed E-state index contributed by atoms with van der Waals surface area (Å²) in [5.74, 6) is 3.95. The Hall–Kier alpha value is -0.780. The van der Waals surface area contributed by atoms with E-state index in [1.807, 2.05) is 0 Å². The molecule has 0 heteroatoms. The highest BCUT2D eigenvalue weighted by Crippen LogP contribution is 2.37. The van der Waals surface area contributed by atoms with Gasteiger partial charge in [0.1, 0.15) is 0 Å². The Bertz CT molecular complexity index is 511. The second-order valence-electron chi connectivity index (χ2n) is 10.2. The van der Waals surface area contributed by atoms with Crippen LogP contribution >= 0.6 is 0 Å². The van der Waals surface area contributed by atoms with E-state index in [9.17, 15) is 0 Å². The Balaban J connectivity index is 1.31. The number of hydrogen-bond donors (Lipinski definition) is 0. The van der Waals surface area contributed by atoms with E-state index in [0.717, 1.165) is 23.7 Å². The van der Waals surface area contributed by atoms with Crippen LogP contribution < -0.4 is 0 Å². The molecule has 2 fully saturated rings. The minimum absolute atomic E-state index is 0.838. The Morgan fingerprint density at radius 3 is 1.64 bits per heavy atom. The summed E-state index contributed by atoms with van der Waals surface area (Å²) in [4.78, 5) is 0. The van der Waals surface area contributed by atoms with Crippen molar-refractivity contribution in [3.8, 4) is 0 Å². The highest BCUT2D eigenvalue weighted by Gasteiger charge is 2.22. The van der Waals surface area contributed by atoms with Crippen molar-refractivity contribution in [2.24, 2.45) is 17.8 Å². The van der Waals surface area contributed by atoms with Crippen LogP contribution in [0.2, 0.25) is 0 Å². The molecule has 0 heterocycles. The molecule has 1 aromatic rings. The van der Waals surface area contributed by atoms with Crippen molar-refractivity contribution in [2.75, 3.05) is 0 Å². The highest BCUT2D eigenvalue weighted by atomic mass is 14.3. The number of hydrogen-bond acceptors (Lipinski definition) is 0. The van der Waals surface area contributed by atoms with Gasteiger partial charge in [0.15, 0.2) is 0 Å². The summed E-state index contributed by atoms with van der Waals surface area (Å²) >= 11 is 0. The fourth-order valence-electron chi connectivity index (χ4n) is 6.13. The summed E-state index contributed by atoms with van der Waals surface area (Å²) in [5.41, 5.74) is 3.18. The predicted octanol–water partition coefficient (Wildman–Crippen LogP) is 9.08. The highest BCUT2D eigenvalue weighted by molar-refractivity contribution is 5.26. The molecule has 0 N–H and O–H groups in total. The van der Waals surface area contributed by atoms with Gasteiger partial charge in [0.25, 0.3) is 0 Å². The molecule has 0 atom stereocenters. The van der Waals surface area contributed by atoms with Gasteiger partial charge >= 0.3 is 0 Å². The lowest BCUT2D eigenvalue weighted by Gasteiger charge is -2.28. The quantitative estimate of drug-likeness (QED) is 0.354. The molecule has 0 aromatic heterocycles. The van der Waals surface area contributed by atoms with Crippen LogP contribution in [0.3, 0.4) is 0 Å². The van der Waals surface area contributed by atoms with Gasteiger partial charge in [0.2, 0.25) is 0 Å². The van der Waals surface area contributed by atoms with Gasteiger partial charge in [0.05, 0.1) is 0 Å². The average molecular weight is 383 g/mol. The Kier molecular flexibility index (Phi) is 9.42. The van der Waals surface area contributed by atoms with Crippen LogP contribution in [0.25, 0.3) is 0 Å². The second kappa shape index (κ2) is 12.0. The van der Waals surface area contributed by atoms with E-state index < -0.39 is 0 Å². The van der Waals surface area contributed by atoms with Gasteiger partial charge in [-0.05, 0) is 73.3 Å². The molecule has 0 radical (unpaired) electrons. The van der Waals surface area contributed by atoms with Gasteiger partial charge in [-0.15, -0.1) is 0 Å². The van der Waals surface area contributed by atoms with E-state index in [1.54, 1.807) is 11.1 Å². The maximum Gasteiger partial charge on any atom is -0.0162 e. The van der Waals surface area contributed by atoms with Crippen molar-refractivity contribution in [1.82, 2.24) is 0 Å². The normalized spacial score (nSPS) is 28.4. The van der Waals surface area contributed by atoms with Crippen LogP contribution in [0.1, 0.15) is 127 Å². The van der Waals surface area contributed by atoms with Gasteiger partial charge < -0.3 is 0 Å².